The van der Waals surface area contributed by atoms with Crippen molar-refractivity contribution >= 4 is 39.1 Å². The van der Waals surface area contributed by atoms with Crippen LogP contribution < -0.4 is 19.7 Å². The molecule has 0 spiro atoms. The van der Waals surface area contributed by atoms with Gasteiger partial charge in [-0.25, -0.2) is 18.2 Å². The Morgan fingerprint density at radius 1 is 1.12 bits per heavy atom. The molecule has 1 aliphatic rings. The monoisotopic (exact) mass is 452 g/mol. The highest BCUT2D eigenvalue weighted by molar-refractivity contribution is 7.92. The van der Waals surface area contributed by atoms with E-state index in [1.54, 1.807) is 35.2 Å². The number of aryl methyl sites for hydroxylation is 1. The Morgan fingerprint density at radius 3 is 2.62 bits per heavy atom. The van der Waals surface area contributed by atoms with Gasteiger partial charge in [-0.05, 0) is 61.0 Å². The van der Waals surface area contributed by atoms with Gasteiger partial charge in [0.05, 0.1) is 17.1 Å². The predicted molar refractivity (Wildman–Crippen MR) is 119 cm³/mol. The highest BCUT2D eigenvalue weighted by Crippen LogP contribution is 2.32. The molecular formula is C22H20N4O5S. The number of nitrogens with zero attached hydrogens (tertiary/aromatic N) is 2. The van der Waals surface area contributed by atoms with Gasteiger partial charge in [-0.15, -0.1) is 0 Å². The minimum atomic E-state index is -3.81. The Balaban J connectivity index is 1.42. The number of carbonyl (C=O) groups is 2. The number of aromatic nitrogens is 1. The number of nitrogens with one attached hydrogen (secondary N) is 2. The molecule has 1 aliphatic heterocycles. The smallest absolute Gasteiger partial charge is 0.331 e. The first-order valence-corrected chi connectivity index (χ1v) is 11.2. The third-order valence-corrected chi connectivity index (χ3v) is 6.06. The third kappa shape index (κ3) is 4.86. The van der Waals surface area contributed by atoms with E-state index in [0.29, 0.717) is 17.1 Å². The van der Waals surface area contributed by atoms with Gasteiger partial charge in [0, 0.05) is 11.9 Å². The molecule has 2 N–H and O–H groups in total. The molecule has 0 radical (unpaired) electrons. The Kier molecular flexibility index (Phi) is 5.78. The molecule has 9 nitrogen and oxygen atoms in total. The molecule has 2 heterocycles. The maximum atomic E-state index is 12.5. The summed E-state index contributed by atoms with van der Waals surface area (Å²) in [6.45, 7) is 1.78. The quantitative estimate of drug-likeness (QED) is 0.436. The second-order valence-corrected chi connectivity index (χ2v) is 8.88. The molecule has 0 aliphatic carbocycles. The van der Waals surface area contributed by atoms with Crippen molar-refractivity contribution in [1.29, 1.82) is 0 Å². The first-order valence-electron chi connectivity index (χ1n) is 9.70. The predicted octanol–water partition coefficient (Wildman–Crippen LogP) is 2.55. The average molecular weight is 452 g/mol. The van der Waals surface area contributed by atoms with E-state index >= 15 is 0 Å². The summed E-state index contributed by atoms with van der Waals surface area (Å²) in [7, 11) is -3.81. The van der Waals surface area contributed by atoms with Crippen LogP contribution in [0.2, 0.25) is 0 Å². The van der Waals surface area contributed by atoms with Crippen LogP contribution in [0.4, 0.5) is 17.2 Å². The molecule has 32 heavy (non-hydrogen) atoms. The fourth-order valence-electron chi connectivity index (χ4n) is 3.21. The molecular weight excluding hydrogens is 432 g/mol. The number of rotatable bonds is 6. The van der Waals surface area contributed by atoms with Crippen molar-refractivity contribution in [1.82, 2.24) is 4.98 Å². The molecule has 0 bridgehead atoms. The maximum absolute atomic E-state index is 12.5. The van der Waals surface area contributed by atoms with Crippen LogP contribution in [-0.4, -0.2) is 38.4 Å². The summed E-state index contributed by atoms with van der Waals surface area (Å²) in [5, 5.41) is 2.71. The molecule has 0 unspecified atom stereocenters. The fraction of sp³-hybridized carbons (Fsp3) is 0.136. The van der Waals surface area contributed by atoms with Gasteiger partial charge in [0.25, 0.3) is 10.0 Å². The zero-order valence-corrected chi connectivity index (χ0v) is 17.9. The Morgan fingerprint density at radius 2 is 1.91 bits per heavy atom. The third-order valence-electron chi connectivity index (χ3n) is 4.69. The number of hydrogen-bond donors (Lipinski definition) is 2. The topological polar surface area (TPSA) is 118 Å². The van der Waals surface area contributed by atoms with Crippen molar-refractivity contribution in [3.05, 3.63) is 72.4 Å². The van der Waals surface area contributed by atoms with Gasteiger partial charge < -0.3 is 15.0 Å². The molecule has 10 heteroatoms. The molecule has 2 aromatic carbocycles. The number of hydrogen-bond acceptors (Lipinski definition) is 7. The number of esters is 1. The summed E-state index contributed by atoms with van der Waals surface area (Å²) in [6.07, 6.45) is 1.48. The minimum absolute atomic E-state index is 0.0317. The van der Waals surface area contributed by atoms with Crippen molar-refractivity contribution in [2.24, 2.45) is 0 Å². The number of sulfonamides is 1. The SMILES string of the molecule is Cc1ccc2c(c1)OC(=O)CN2CC(=O)Nc1ccc(S(=O)(=O)Nc2ccccn2)cc1. The molecule has 164 valence electrons. The molecule has 0 atom stereocenters. The van der Waals surface area contributed by atoms with E-state index in [0.717, 1.165) is 5.56 Å². The zero-order valence-electron chi connectivity index (χ0n) is 17.1. The van der Waals surface area contributed by atoms with E-state index in [2.05, 4.69) is 15.0 Å². The summed E-state index contributed by atoms with van der Waals surface area (Å²) in [5.74, 6) is -0.163. The molecule has 4 rings (SSSR count). The average Bonchev–Trinajstić information content (AvgIpc) is 2.74. The van der Waals surface area contributed by atoms with Crippen molar-refractivity contribution in [2.45, 2.75) is 11.8 Å². The highest BCUT2D eigenvalue weighted by Gasteiger charge is 2.25. The summed E-state index contributed by atoms with van der Waals surface area (Å²) >= 11 is 0. The van der Waals surface area contributed by atoms with Gasteiger partial charge >= 0.3 is 5.97 Å². The van der Waals surface area contributed by atoms with E-state index in [9.17, 15) is 18.0 Å². The van der Waals surface area contributed by atoms with Gasteiger partial charge in [0.1, 0.15) is 12.4 Å². The van der Waals surface area contributed by atoms with E-state index in [4.69, 9.17) is 4.74 Å². The molecule has 1 amide bonds. The Labute approximate surface area is 185 Å². The summed E-state index contributed by atoms with van der Waals surface area (Å²) in [5.41, 5.74) is 2.03. The maximum Gasteiger partial charge on any atom is 0.331 e. The highest BCUT2D eigenvalue weighted by atomic mass is 32.2. The Hall–Kier alpha value is -3.92. The number of anilines is 3. The van der Waals surface area contributed by atoms with Gasteiger partial charge in [-0.3, -0.25) is 9.52 Å². The van der Waals surface area contributed by atoms with E-state index in [1.165, 1.54) is 30.5 Å². The molecule has 3 aromatic rings. The number of ether oxygens (including phenoxy) is 1. The van der Waals surface area contributed by atoms with Crippen molar-refractivity contribution in [3.8, 4) is 5.75 Å². The lowest BCUT2D eigenvalue weighted by Crippen LogP contribution is -2.41. The van der Waals surface area contributed by atoms with E-state index in [-0.39, 0.29) is 29.7 Å². The number of fused-ring (bicyclic) bond motifs is 1. The standard InChI is InChI=1S/C22H20N4O5S/c1-15-5-10-18-19(12-15)31-22(28)14-26(18)13-21(27)24-16-6-8-17(9-7-16)32(29,30)25-20-4-2-3-11-23-20/h2-12H,13-14H2,1H3,(H,23,25)(H,24,27). The van der Waals surface area contributed by atoms with Crippen LogP contribution in [0.15, 0.2) is 71.8 Å². The first-order chi connectivity index (χ1) is 15.3. The van der Waals surface area contributed by atoms with Gasteiger partial charge in [-0.1, -0.05) is 12.1 Å². The number of amides is 1. The second-order valence-electron chi connectivity index (χ2n) is 7.19. The number of pyridine rings is 1. The minimum Gasteiger partial charge on any atom is -0.423 e. The Bertz CT molecular complexity index is 1260. The van der Waals surface area contributed by atoms with Crippen LogP contribution in [0.5, 0.6) is 5.75 Å². The summed E-state index contributed by atoms with van der Waals surface area (Å²) in [6, 6.07) is 16.1. The van der Waals surface area contributed by atoms with Gasteiger partial charge in [0.15, 0.2) is 5.75 Å². The lowest BCUT2D eigenvalue weighted by Gasteiger charge is -2.29. The van der Waals surface area contributed by atoms with Crippen LogP contribution in [0, 0.1) is 6.92 Å². The number of carbonyl (C=O) groups excluding carboxylic acids is 2. The van der Waals surface area contributed by atoms with Crippen LogP contribution in [0.1, 0.15) is 5.56 Å². The van der Waals surface area contributed by atoms with Crippen LogP contribution in [0.3, 0.4) is 0 Å². The second kappa shape index (κ2) is 8.67. The van der Waals surface area contributed by atoms with Crippen molar-refractivity contribution in [3.63, 3.8) is 0 Å². The van der Waals surface area contributed by atoms with Crippen molar-refractivity contribution < 1.29 is 22.7 Å². The first kappa shape index (κ1) is 21.3. The molecule has 1 aromatic heterocycles. The van der Waals surface area contributed by atoms with Gasteiger partial charge in [-0.2, -0.15) is 0 Å². The van der Waals surface area contributed by atoms with Gasteiger partial charge in [0.2, 0.25) is 5.91 Å². The van der Waals surface area contributed by atoms with E-state index in [1.807, 2.05) is 13.0 Å². The molecule has 0 saturated carbocycles. The zero-order chi connectivity index (χ0) is 22.7. The molecule has 0 saturated heterocycles. The summed E-state index contributed by atoms with van der Waals surface area (Å²) in [4.78, 5) is 30.0. The normalized spacial score (nSPS) is 13.2. The molecule has 0 fully saturated rings. The summed E-state index contributed by atoms with van der Waals surface area (Å²) < 4.78 is 32.6. The lowest BCUT2D eigenvalue weighted by atomic mass is 10.1. The van der Waals surface area contributed by atoms with Crippen molar-refractivity contribution in [2.75, 3.05) is 28.0 Å². The number of benzene rings is 2. The fourth-order valence-corrected chi connectivity index (χ4v) is 4.22. The van der Waals surface area contributed by atoms with E-state index < -0.39 is 16.0 Å². The van der Waals surface area contributed by atoms with Crippen LogP contribution in [0.25, 0.3) is 0 Å². The lowest BCUT2D eigenvalue weighted by molar-refractivity contribution is -0.133. The van der Waals surface area contributed by atoms with Crippen LogP contribution >= 0.6 is 0 Å². The van der Waals surface area contributed by atoms with Crippen LogP contribution in [-0.2, 0) is 19.6 Å². The largest absolute Gasteiger partial charge is 0.423 e.